The van der Waals surface area contributed by atoms with Crippen LogP contribution < -0.4 is 10.1 Å². The van der Waals surface area contributed by atoms with Crippen LogP contribution in [0.25, 0.3) is 0 Å². The summed E-state index contributed by atoms with van der Waals surface area (Å²) in [6.45, 7) is -0.0544. The lowest BCUT2D eigenvalue weighted by molar-refractivity contribution is 0.281. The summed E-state index contributed by atoms with van der Waals surface area (Å²) in [6.07, 6.45) is 1.23. The van der Waals surface area contributed by atoms with Crippen LogP contribution >= 0.6 is 0 Å². The van der Waals surface area contributed by atoms with E-state index in [1.54, 1.807) is 26.3 Å². The molecule has 0 radical (unpaired) electrons. The van der Waals surface area contributed by atoms with E-state index >= 15 is 0 Å². The third kappa shape index (κ3) is 1.85. The molecule has 1 rings (SSSR count). The van der Waals surface area contributed by atoms with Gasteiger partial charge in [0.2, 0.25) is 0 Å². The summed E-state index contributed by atoms with van der Waals surface area (Å²) < 4.78 is 5.14. The van der Waals surface area contributed by atoms with Gasteiger partial charge in [0.1, 0.15) is 5.75 Å². The van der Waals surface area contributed by atoms with Crippen LogP contribution in [0.1, 0.15) is 11.1 Å². The second kappa shape index (κ2) is 4.62. The Balaban J connectivity index is 3.31. The molecule has 0 saturated carbocycles. The number of methoxy groups -OCH3 is 1. The average Bonchev–Trinajstić information content (AvgIpc) is 2.26. The number of hydrogen-bond donors (Lipinski definition) is 3. The van der Waals surface area contributed by atoms with Crippen LogP contribution in [0.3, 0.4) is 0 Å². The van der Waals surface area contributed by atoms with E-state index in [1.807, 2.05) is 0 Å². The smallest absolute Gasteiger partial charge is 0.142 e. The van der Waals surface area contributed by atoms with Gasteiger partial charge in [-0.05, 0) is 17.7 Å². The van der Waals surface area contributed by atoms with Crippen molar-refractivity contribution in [3.63, 3.8) is 0 Å². The minimum atomic E-state index is -0.0544. The lowest BCUT2D eigenvalue weighted by atomic mass is 10.1. The van der Waals surface area contributed by atoms with E-state index in [0.717, 1.165) is 11.3 Å². The van der Waals surface area contributed by atoms with Gasteiger partial charge in [-0.1, -0.05) is 0 Å². The summed E-state index contributed by atoms with van der Waals surface area (Å²) in [5.74, 6) is 0.637. The number of aliphatic hydroxyl groups is 1. The average molecular weight is 194 g/mol. The molecule has 1 aromatic carbocycles. The molecule has 0 spiro atoms. The highest BCUT2D eigenvalue weighted by molar-refractivity contribution is 5.88. The van der Waals surface area contributed by atoms with Gasteiger partial charge >= 0.3 is 0 Å². The van der Waals surface area contributed by atoms with Gasteiger partial charge in [0, 0.05) is 18.8 Å². The summed E-state index contributed by atoms with van der Waals surface area (Å²) in [4.78, 5) is 0. The molecule has 0 amide bonds. The minimum Gasteiger partial charge on any atom is -0.495 e. The standard InChI is InChI=1S/C10H14N2O2/c1-12-10-8(5-11)3-7(6-13)4-9(10)14-2/h3-5,11-13H,6H2,1-2H3. The van der Waals surface area contributed by atoms with Gasteiger partial charge in [0.15, 0.2) is 0 Å². The largest absolute Gasteiger partial charge is 0.495 e. The highest BCUT2D eigenvalue weighted by Crippen LogP contribution is 2.28. The quantitative estimate of drug-likeness (QED) is 0.631. The molecule has 0 aliphatic heterocycles. The Hall–Kier alpha value is -1.55. The van der Waals surface area contributed by atoms with Crippen LogP contribution in [0.5, 0.6) is 5.75 Å². The first-order valence-corrected chi connectivity index (χ1v) is 4.26. The molecule has 0 unspecified atom stereocenters. The molecule has 0 saturated heterocycles. The maximum absolute atomic E-state index is 8.99. The molecule has 4 heteroatoms. The van der Waals surface area contributed by atoms with Crippen LogP contribution in [0.15, 0.2) is 12.1 Å². The summed E-state index contributed by atoms with van der Waals surface area (Å²) in [7, 11) is 3.33. The van der Waals surface area contributed by atoms with E-state index < -0.39 is 0 Å². The summed E-state index contributed by atoms with van der Waals surface area (Å²) >= 11 is 0. The fourth-order valence-corrected chi connectivity index (χ4v) is 1.33. The van der Waals surface area contributed by atoms with E-state index in [9.17, 15) is 0 Å². The van der Waals surface area contributed by atoms with Crippen LogP contribution in [0.2, 0.25) is 0 Å². The SMILES string of the molecule is CNc1c(C=N)cc(CO)cc1OC. The van der Waals surface area contributed by atoms with E-state index in [0.29, 0.717) is 11.3 Å². The fraction of sp³-hybridized carbons (Fsp3) is 0.300. The van der Waals surface area contributed by atoms with E-state index in [4.69, 9.17) is 15.3 Å². The molecule has 0 heterocycles. The number of anilines is 1. The molecule has 0 aromatic heterocycles. The zero-order valence-corrected chi connectivity index (χ0v) is 8.29. The van der Waals surface area contributed by atoms with E-state index in [-0.39, 0.29) is 6.61 Å². The first kappa shape index (κ1) is 10.5. The first-order valence-electron chi connectivity index (χ1n) is 4.26. The number of benzene rings is 1. The molecule has 4 nitrogen and oxygen atoms in total. The second-order valence-corrected chi connectivity index (χ2v) is 2.81. The number of hydrogen-bond acceptors (Lipinski definition) is 4. The van der Waals surface area contributed by atoms with Crippen LogP contribution in [0, 0.1) is 5.41 Å². The van der Waals surface area contributed by atoms with Crippen molar-refractivity contribution in [3.05, 3.63) is 23.3 Å². The van der Waals surface area contributed by atoms with E-state index in [1.165, 1.54) is 6.21 Å². The van der Waals surface area contributed by atoms with Gasteiger partial charge in [-0.15, -0.1) is 0 Å². The van der Waals surface area contributed by atoms with Crippen molar-refractivity contribution >= 4 is 11.9 Å². The van der Waals surface area contributed by atoms with Gasteiger partial charge in [0.25, 0.3) is 0 Å². The van der Waals surface area contributed by atoms with E-state index in [2.05, 4.69) is 5.32 Å². The van der Waals surface area contributed by atoms with Crippen molar-refractivity contribution in [2.24, 2.45) is 0 Å². The predicted molar refractivity (Wildman–Crippen MR) is 56.3 cm³/mol. The van der Waals surface area contributed by atoms with Crippen molar-refractivity contribution in [2.75, 3.05) is 19.5 Å². The van der Waals surface area contributed by atoms with Gasteiger partial charge in [-0.3, -0.25) is 0 Å². The first-order chi connectivity index (χ1) is 6.76. The maximum Gasteiger partial charge on any atom is 0.142 e. The van der Waals surface area contributed by atoms with Crippen LogP contribution in [-0.2, 0) is 6.61 Å². The normalized spacial score (nSPS) is 9.64. The third-order valence-electron chi connectivity index (χ3n) is 2.00. The highest BCUT2D eigenvalue weighted by Gasteiger charge is 2.08. The molecule has 3 N–H and O–H groups in total. The topological polar surface area (TPSA) is 65.3 Å². The lowest BCUT2D eigenvalue weighted by Crippen LogP contribution is -2.00. The zero-order valence-electron chi connectivity index (χ0n) is 8.29. The molecule has 1 aromatic rings. The number of rotatable bonds is 4. The van der Waals surface area contributed by atoms with Crippen molar-refractivity contribution in [3.8, 4) is 5.75 Å². The molecular weight excluding hydrogens is 180 g/mol. The Kier molecular flexibility index (Phi) is 3.48. The zero-order chi connectivity index (χ0) is 10.6. The number of aliphatic hydroxyl groups excluding tert-OH is 1. The summed E-state index contributed by atoms with van der Waals surface area (Å²) in [6, 6.07) is 3.50. The summed E-state index contributed by atoms with van der Waals surface area (Å²) in [5, 5.41) is 19.2. The Bertz CT molecular complexity index is 337. The summed E-state index contributed by atoms with van der Waals surface area (Å²) in [5.41, 5.74) is 2.20. The Labute approximate surface area is 83.0 Å². The monoisotopic (exact) mass is 194 g/mol. The van der Waals surface area contributed by atoms with Crippen LogP contribution in [-0.4, -0.2) is 25.5 Å². The van der Waals surface area contributed by atoms with Gasteiger partial charge in [-0.2, -0.15) is 0 Å². The number of nitrogens with one attached hydrogen (secondary N) is 2. The highest BCUT2D eigenvalue weighted by atomic mass is 16.5. The Morgan fingerprint density at radius 1 is 1.57 bits per heavy atom. The lowest BCUT2D eigenvalue weighted by Gasteiger charge is -2.12. The van der Waals surface area contributed by atoms with Crippen molar-refractivity contribution < 1.29 is 9.84 Å². The van der Waals surface area contributed by atoms with Crippen molar-refractivity contribution in [2.45, 2.75) is 6.61 Å². The molecule has 14 heavy (non-hydrogen) atoms. The van der Waals surface area contributed by atoms with Gasteiger partial charge in [-0.25, -0.2) is 0 Å². The van der Waals surface area contributed by atoms with Gasteiger partial charge < -0.3 is 20.6 Å². The van der Waals surface area contributed by atoms with Gasteiger partial charge in [0.05, 0.1) is 19.4 Å². The number of ether oxygens (including phenoxy) is 1. The Morgan fingerprint density at radius 3 is 2.71 bits per heavy atom. The molecular formula is C10H14N2O2. The Morgan fingerprint density at radius 2 is 2.29 bits per heavy atom. The second-order valence-electron chi connectivity index (χ2n) is 2.81. The fourth-order valence-electron chi connectivity index (χ4n) is 1.33. The molecule has 0 fully saturated rings. The van der Waals surface area contributed by atoms with Crippen molar-refractivity contribution in [1.29, 1.82) is 5.41 Å². The molecule has 0 bridgehead atoms. The maximum atomic E-state index is 8.99. The minimum absolute atomic E-state index is 0.0544. The third-order valence-corrected chi connectivity index (χ3v) is 2.00. The molecule has 0 atom stereocenters. The molecule has 76 valence electrons. The predicted octanol–water partition coefficient (Wildman–Crippen LogP) is 1.23. The van der Waals surface area contributed by atoms with Crippen LogP contribution in [0.4, 0.5) is 5.69 Å². The molecule has 0 aliphatic rings. The van der Waals surface area contributed by atoms with Crippen molar-refractivity contribution in [1.82, 2.24) is 0 Å². The molecule has 0 aliphatic carbocycles.